The van der Waals surface area contributed by atoms with Crippen molar-refractivity contribution in [2.75, 3.05) is 18.1 Å². The van der Waals surface area contributed by atoms with Crippen molar-refractivity contribution in [3.63, 3.8) is 0 Å². The number of nitrogens with one attached hydrogen (secondary N) is 2. The number of aromatic amines is 1. The molecule has 0 aliphatic carbocycles. The Kier molecular flexibility index (Phi) is 4.37. The Morgan fingerprint density at radius 2 is 1.72 bits per heavy atom. The molecule has 3 aromatic rings. The van der Waals surface area contributed by atoms with Crippen molar-refractivity contribution in [2.24, 2.45) is 0 Å². The second-order valence-corrected chi connectivity index (χ2v) is 7.17. The van der Waals surface area contributed by atoms with Crippen LogP contribution in [0.5, 0.6) is 11.5 Å². The number of fused-ring (bicyclic) bond motifs is 1. The molecule has 130 valence electrons. The summed E-state index contributed by atoms with van der Waals surface area (Å²) >= 11 is 0. The number of ether oxygens (including phenoxy) is 2. The van der Waals surface area contributed by atoms with Gasteiger partial charge in [-0.2, -0.15) is 0 Å². The Morgan fingerprint density at radius 3 is 2.36 bits per heavy atom. The van der Waals surface area contributed by atoms with Crippen LogP contribution in [0.2, 0.25) is 0 Å². The number of carbonyl (C=O) groups excluding carboxylic acids is 1. The first-order valence-corrected chi connectivity index (χ1v) is 9.20. The van der Waals surface area contributed by atoms with E-state index in [9.17, 15) is 13.2 Å². The van der Waals surface area contributed by atoms with Gasteiger partial charge in [-0.3, -0.25) is 4.72 Å². The lowest BCUT2D eigenvalue weighted by atomic mass is 10.2. The average Bonchev–Trinajstić information content (AvgIpc) is 2.98. The highest BCUT2D eigenvalue weighted by molar-refractivity contribution is 7.92. The van der Waals surface area contributed by atoms with Gasteiger partial charge in [0.25, 0.3) is 0 Å². The number of methoxy groups -OCH3 is 1. The largest absolute Gasteiger partial charge is 0.497 e. The van der Waals surface area contributed by atoms with Gasteiger partial charge in [0, 0.05) is 22.7 Å². The van der Waals surface area contributed by atoms with Crippen LogP contribution in [-0.2, 0) is 10.0 Å². The Labute approximate surface area is 144 Å². The lowest BCUT2D eigenvalue weighted by Crippen LogP contribution is -2.10. The van der Waals surface area contributed by atoms with Crippen LogP contribution in [-0.4, -0.2) is 32.7 Å². The van der Waals surface area contributed by atoms with Crippen molar-refractivity contribution in [1.29, 1.82) is 0 Å². The van der Waals surface area contributed by atoms with Crippen molar-refractivity contribution in [3.05, 3.63) is 54.2 Å². The van der Waals surface area contributed by atoms with Gasteiger partial charge in [-0.15, -0.1) is 0 Å². The number of esters is 1. The number of carbonyl (C=O) groups is 1. The molecule has 7 nitrogen and oxygen atoms in total. The minimum Gasteiger partial charge on any atom is -0.497 e. The van der Waals surface area contributed by atoms with Crippen LogP contribution in [0.4, 0.5) is 5.69 Å². The Morgan fingerprint density at radius 1 is 1.04 bits per heavy atom. The highest BCUT2D eigenvalue weighted by Gasteiger charge is 2.13. The maximum atomic E-state index is 12.3. The first kappa shape index (κ1) is 16.8. The van der Waals surface area contributed by atoms with Crippen LogP contribution in [0.25, 0.3) is 10.9 Å². The summed E-state index contributed by atoms with van der Waals surface area (Å²) in [6, 6.07) is 13.2. The third-order valence-electron chi connectivity index (χ3n) is 3.42. The normalized spacial score (nSPS) is 11.3. The molecular weight excluding hydrogens is 344 g/mol. The minimum atomic E-state index is -3.35. The zero-order valence-corrected chi connectivity index (χ0v) is 14.4. The van der Waals surface area contributed by atoms with Crippen LogP contribution in [0.15, 0.2) is 48.5 Å². The van der Waals surface area contributed by atoms with Gasteiger partial charge in [0.05, 0.1) is 13.4 Å². The predicted molar refractivity (Wildman–Crippen MR) is 94.7 cm³/mol. The van der Waals surface area contributed by atoms with Gasteiger partial charge >= 0.3 is 5.97 Å². The summed E-state index contributed by atoms with van der Waals surface area (Å²) in [5.41, 5.74) is 1.46. The third-order valence-corrected chi connectivity index (χ3v) is 4.02. The minimum absolute atomic E-state index is 0.306. The summed E-state index contributed by atoms with van der Waals surface area (Å²) in [5.74, 6) is 0.447. The molecule has 0 saturated carbocycles. The smallest absolute Gasteiger partial charge is 0.360 e. The number of anilines is 1. The average molecular weight is 360 g/mol. The molecule has 0 unspecified atom stereocenters. The molecule has 1 aromatic heterocycles. The monoisotopic (exact) mass is 360 g/mol. The van der Waals surface area contributed by atoms with E-state index in [1.54, 1.807) is 25.3 Å². The van der Waals surface area contributed by atoms with Crippen LogP contribution in [0.3, 0.4) is 0 Å². The SMILES string of the molecule is COc1ccc2cc(C(=O)Oc3ccc(NS(C)(=O)=O)cc3)[nH]c2c1. The molecule has 0 amide bonds. The van der Waals surface area contributed by atoms with E-state index in [1.165, 1.54) is 24.3 Å². The highest BCUT2D eigenvalue weighted by atomic mass is 32.2. The van der Waals surface area contributed by atoms with Crippen LogP contribution < -0.4 is 14.2 Å². The van der Waals surface area contributed by atoms with Crippen molar-refractivity contribution >= 4 is 32.6 Å². The molecule has 0 bridgehead atoms. The Hall–Kier alpha value is -3.00. The molecule has 8 heteroatoms. The quantitative estimate of drug-likeness (QED) is 0.539. The van der Waals surface area contributed by atoms with Crippen molar-refractivity contribution in [2.45, 2.75) is 0 Å². The summed E-state index contributed by atoms with van der Waals surface area (Å²) in [6.07, 6.45) is 1.06. The van der Waals surface area contributed by atoms with E-state index < -0.39 is 16.0 Å². The van der Waals surface area contributed by atoms with Crippen molar-refractivity contribution < 1.29 is 22.7 Å². The topological polar surface area (TPSA) is 97.5 Å². The number of aromatic nitrogens is 1. The summed E-state index contributed by atoms with van der Waals surface area (Å²) in [4.78, 5) is 15.2. The maximum absolute atomic E-state index is 12.3. The summed E-state index contributed by atoms with van der Waals surface area (Å²) in [5, 5.41) is 0.862. The van der Waals surface area contributed by atoms with Gasteiger partial charge < -0.3 is 14.5 Å². The number of hydrogen-bond donors (Lipinski definition) is 2. The van der Waals surface area contributed by atoms with E-state index in [4.69, 9.17) is 9.47 Å². The highest BCUT2D eigenvalue weighted by Crippen LogP contribution is 2.23. The van der Waals surface area contributed by atoms with E-state index >= 15 is 0 Å². The summed E-state index contributed by atoms with van der Waals surface area (Å²) in [6.45, 7) is 0. The van der Waals surface area contributed by atoms with E-state index in [1.807, 2.05) is 6.07 Å². The number of H-pyrrole nitrogens is 1. The predicted octanol–water partition coefficient (Wildman–Crippen LogP) is 2.77. The zero-order chi connectivity index (χ0) is 18.0. The Balaban J connectivity index is 1.75. The lowest BCUT2D eigenvalue weighted by Gasteiger charge is -2.06. The second-order valence-electron chi connectivity index (χ2n) is 5.42. The third kappa shape index (κ3) is 4.10. The molecule has 0 fully saturated rings. The molecule has 0 aliphatic rings. The van der Waals surface area contributed by atoms with Crippen molar-refractivity contribution in [1.82, 2.24) is 4.98 Å². The first-order valence-electron chi connectivity index (χ1n) is 7.31. The molecule has 0 aliphatic heterocycles. The molecule has 1 heterocycles. The number of hydrogen-bond acceptors (Lipinski definition) is 5. The van der Waals surface area contributed by atoms with E-state index in [0.29, 0.717) is 22.9 Å². The summed E-state index contributed by atoms with van der Waals surface area (Å²) < 4.78 is 35.1. The molecule has 2 N–H and O–H groups in total. The van der Waals surface area contributed by atoms with Crippen LogP contribution in [0, 0.1) is 0 Å². The van der Waals surface area contributed by atoms with Gasteiger partial charge in [-0.25, -0.2) is 13.2 Å². The van der Waals surface area contributed by atoms with E-state index in [2.05, 4.69) is 9.71 Å². The molecule has 0 radical (unpaired) electrons. The fourth-order valence-corrected chi connectivity index (χ4v) is 2.87. The molecule has 25 heavy (non-hydrogen) atoms. The van der Waals surface area contributed by atoms with Gasteiger partial charge in [0.1, 0.15) is 17.2 Å². The maximum Gasteiger partial charge on any atom is 0.360 e. The van der Waals surface area contributed by atoms with Gasteiger partial charge in [0.15, 0.2) is 0 Å². The van der Waals surface area contributed by atoms with Crippen molar-refractivity contribution in [3.8, 4) is 11.5 Å². The molecule has 0 saturated heterocycles. The zero-order valence-electron chi connectivity index (χ0n) is 13.6. The van der Waals surface area contributed by atoms with Gasteiger partial charge in [-0.05, 0) is 42.5 Å². The molecular formula is C17H16N2O5S. The fourth-order valence-electron chi connectivity index (χ4n) is 2.31. The number of benzene rings is 2. The lowest BCUT2D eigenvalue weighted by molar-refractivity contribution is 0.0729. The molecule has 3 rings (SSSR count). The van der Waals surface area contributed by atoms with Crippen LogP contribution >= 0.6 is 0 Å². The van der Waals surface area contributed by atoms with Gasteiger partial charge in [0.2, 0.25) is 10.0 Å². The van der Waals surface area contributed by atoms with E-state index in [-0.39, 0.29) is 0 Å². The Bertz CT molecular complexity index is 1020. The fraction of sp³-hybridized carbons (Fsp3) is 0.118. The molecule has 0 atom stereocenters. The number of rotatable bonds is 5. The number of sulfonamides is 1. The first-order chi connectivity index (χ1) is 11.8. The van der Waals surface area contributed by atoms with E-state index in [0.717, 1.165) is 17.2 Å². The molecule has 2 aromatic carbocycles. The van der Waals surface area contributed by atoms with Gasteiger partial charge in [-0.1, -0.05) is 0 Å². The summed E-state index contributed by atoms with van der Waals surface area (Å²) in [7, 11) is -1.78. The van der Waals surface area contributed by atoms with Crippen LogP contribution in [0.1, 0.15) is 10.5 Å². The second kappa shape index (κ2) is 6.48. The standard InChI is InChI=1S/C17H16N2O5S/c1-23-14-6-3-11-9-16(18-15(11)10-14)17(20)24-13-7-4-12(5-8-13)19-25(2,21)22/h3-10,18-19H,1-2H3. The molecule has 0 spiro atoms.